The lowest BCUT2D eigenvalue weighted by Gasteiger charge is -2.36. The van der Waals surface area contributed by atoms with Crippen LogP contribution >= 0.6 is 0 Å². The fourth-order valence-corrected chi connectivity index (χ4v) is 3.83. The van der Waals surface area contributed by atoms with Crippen LogP contribution in [0.15, 0.2) is 72.8 Å². The minimum atomic E-state index is -0.168. The van der Waals surface area contributed by atoms with Crippen molar-refractivity contribution in [1.82, 2.24) is 4.90 Å². The molecule has 1 saturated heterocycles. The average molecular weight is 414 g/mol. The lowest BCUT2D eigenvalue weighted by Crippen LogP contribution is -2.49. The molecule has 1 heterocycles. The Hall–Kier alpha value is -3.60. The second kappa shape index (κ2) is 9.04. The Bertz CT molecular complexity index is 1090. The molecule has 1 fully saturated rings. The third-order valence-electron chi connectivity index (χ3n) is 5.71. The van der Waals surface area contributed by atoms with Gasteiger partial charge in [0.2, 0.25) is 0 Å². The first-order chi connectivity index (χ1) is 15.0. The maximum absolute atomic E-state index is 13.2. The molecule has 0 saturated carbocycles. The van der Waals surface area contributed by atoms with E-state index in [4.69, 9.17) is 0 Å². The summed E-state index contributed by atoms with van der Waals surface area (Å²) in [5.41, 5.74) is 5.69. The van der Waals surface area contributed by atoms with Gasteiger partial charge < -0.3 is 10.2 Å². The number of benzene rings is 3. The van der Waals surface area contributed by atoms with Crippen LogP contribution in [0.1, 0.15) is 33.5 Å². The molecule has 3 amide bonds. The summed E-state index contributed by atoms with van der Waals surface area (Å²) in [6.45, 7) is 6.20. The van der Waals surface area contributed by atoms with E-state index in [1.807, 2.05) is 47.4 Å². The Balaban J connectivity index is 1.48. The third-order valence-corrected chi connectivity index (χ3v) is 5.71. The minimum absolute atomic E-state index is 0.00369. The molecule has 0 aliphatic carbocycles. The highest BCUT2D eigenvalue weighted by molar-refractivity contribution is 6.04. The first-order valence-electron chi connectivity index (χ1n) is 10.6. The van der Waals surface area contributed by atoms with E-state index < -0.39 is 0 Å². The zero-order valence-electron chi connectivity index (χ0n) is 18.0. The number of carbonyl (C=O) groups excluding carboxylic acids is 2. The van der Waals surface area contributed by atoms with Gasteiger partial charge in [0.1, 0.15) is 0 Å². The first-order valence-corrected chi connectivity index (χ1v) is 10.6. The van der Waals surface area contributed by atoms with Crippen LogP contribution in [0.2, 0.25) is 0 Å². The van der Waals surface area contributed by atoms with Crippen LogP contribution in [0.5, 0.6) is 0 Å². The molecular weight excluding hydrogens is 386 g/mol. The number of rotatable bonds is 5. The second-order valence-electron chi connectivity index (χ2n) is 8.00. The summed E-state index contributed by atoms with van der Waals surface area (Å²) in [5, 5.41) is 2.92. The van der Waals surface area contributed by atoms with Gasteiger partial charge in [0.15, 0.2) is 0 Å². The normalized spacial score (nSPS) is 13.9. The van der Waals surface area contributed by atoms with Gasteiger partial charge in [0.05, 0.1) is 0 Å². The van der Waals surface area contributed by atoms with Gasteiger partial charge in [-0.3, -0.25) is 9.69 Å². The van der Waals surface area contributed by atoms with Crippen molar-refractivity contribution in [3.63, 3.8) is 0 Å². The van der Waals surface area contributed by atoms with E-state index in [0.29, 0.717) is 24.3 Å². The molecule has 5 nitrogen and oxygen atoms in total. The molecule has 1 N–H and O–H groups in total. The topological polar surface area (TPSA) is 52.6 Å². The van der Waals surface area contributed by atoms with E-state index in [9.17, 15) is 9.59 Å². The zero-order chi connectivity index (χ0) is 21.8. The number of anilines is 2. The highest BCUT2D eigenvalue weighted by Gasteiger charge is 2.27. The van der Waals surface area contributed by atoms with Gasteiger partial charge in [-0.1, -0.05) is 42.5 Å². The van der Waals surface area contributed by atoms with E-state index in [2.05, 4.69) is 37.4 Å². The molecule has 1 aliphatic rings. The largest absolute Gasteiger partial charge is 0.324 e. The van der Waals surface area contributed by atoms with Crippen molar-refractivity contribution < 1.29 is 9.59 Å². The molecule has 3 aromatic carbocycles. The maximum Gasteiger partial charge on any atom is 0.324 e. The quantitative estimate of drug-likeness (QED) is 0.610. The number of urea groups is 1. The molecule has 31 heavy (non-hydrogen) atoms. The van der Waals surface area contributed by atoms with Gasteiger partial charge in [-0.25, -0.2) is 4.79 Å². The Labute approximate surface area is 183 Å². The number of hydrogen-bond donors (Lipinski definition) is 1. The summed E-state index contributed by atoms with van der Waals surface area (Å²) in [6, 6.07) is 22.9. The van der Waals surface area contributed by atoms with E-state index in [1.165, 1.54) is 11.1 Å². The highest BCUT2D eigenvalue weighted by atomic mass is 16.2. The van der Waals surface area contributed by atoms with Crippen LogP contribution in [0.3, 0.4) is 0 Å². The van der Waals surface area contributed by atoms with Crippen molar-refractivity contribution in [3.05, 3.63) is 95.1 Å². The lowest BCUT2D eigenvalue weighted by atomic mass is 10.1. The van der Waals surface area contributed by atoms with E-state index in [0.717, 1.165) is 24.2 Å². The summed E-state index contributed by atoms with van der Waals surface area (Å²) < 4.78 is 0. The van der Waals surface area contributed by atoms with Crippen LogP contribution < -0.4 is 10.2 Å². The minimum Gasteiger partial charge on any atom is -0.322 e. The monoisotopic (exact) mass is 413 g/mol. The molecule has 0 spiro atoms. The van der Waals surface area contributed by atoms with Crippen LogP contribution in [0.25, 0.3) is 0 Å². The summed E-state index contributed by atoms with van der Waals surface area (Å²) in [5.74, 6) is -0.168. The molecule has 0 aromatic heterocycles. The SMILES string of the molecule is Cc1ccc(CN2CCCN(c3cccc(NC(=O)c4ccccc4)c3)C2=O)cc1C. The van der Waals surface area contributed by atoms with Gasteiger partial charge >= 0.3 is 6.03 Å². The van der Waals surface area contributed by atoms with E-state index in [-0.39, 0.29) is 11.9 Å². The van der Waals surface area contributed by atoms with Crippen LogP contribution in [0, 0.1) is 13.8 Å². The van der Waals surface area contributed by atoms with Crippen molar-refractivity contribution in [2.24, 2.45) is 0 Å². The Morgan fingerprint density at radius 3 is 2.48 bits per heavy atom. The summed E-state index contributed by atoms with van der Waals surface area (Å²) in [4.78, 5) is 29.4. The fourth-order valence-electron chi connectivity index (χ4n) is 3.83. The molecule has 4 rings (SSSR count). The molecule has 0 atom stereocenters. The van der Waals surface area contributed by atoms with Gasteiger partial charge in [-0.2, -0.15) is 0 Å². The Kier molecular flexibility index (Phi) is 6.03. The number of carbonyl (C=O) groups is 2. The van der Waals surface area contributed by atoms with Crippen LogP contribution in [-0.2, 0) is 6.54 Å². The molecule has 158 valence electrons. The van der Waals surface area contributed by atoms with Gasteiger partial charge in [-0.15, -0.1) is 0 Å². The summed E-state index contributed by atoms with van der Waals surface area (Å²) in [7, 11) is 0. The number of nitrogens with zero attached hydrogens (tertiary/aromatic N) is 2. The van der Waals surface area contributed by atoms with Crippen LogP contribution in [0.4, 0.5) is 16.2 Å². The second-order valence-corrected chi connectivity index (χ2v) is 8.00. The van der Waals surface area contributed by atoms with Crippen molar-refractivity contribution in [2.75, 3.05) is 23.3 Å². The molecule has 5 heteroatoms. The number of amides is 3. The molecule has 3 aromatic rings. The van der Waals surface area contributed by atoms with Gasteiger partial charge in [0, 0.05) is 36.6 Å². The first kappa shape index (κ1) is 20.7. The fraction of sp³-hybridized carbons (Fsp3) is 0.231. The number of aryl methyl sites for hydroxylation is 2. The summed E-state index contributed by atoms with van der Waals surface area (Å²) >= 11 is 0. The van der Waals surface area contributed by atoms with Crippen molar-refractivity contribution >= 4 is 23.3 Å². The molecule has 1 aliphatic heterocycles. The van der Waals surface area contributed by atoms with E-state index >= 15 is 0 Å². The smallest absolute Gasteiger partial charge is 0.322 e. The molecule has 0 radical (unpaired) electrons. The van der Waals surface area contributed by atoms with Crippen LogP contribution in [-0.4, -0.2) is 29.9 Å². The number of hydrogen-bond acceptors (Lipinski definition) is 2. The summed E-state index contributed by atoms with van der Waals surface area (Å²) in [6.07, 6.45) is 0.900. The van der Waals surface area contributed by atoms with Crippen molar-refractivity contribution in [3.8, 4) is 0 Å². The Morgan fingerprint density at radius 1 is 0.903 bits per heavy atom. The maximum atomic E-state index is 13.2. The predicted molar refractivity (Wildman–Crippen MR) is 125 cm³/mol. The van der Waals surface area contributed by atoms with Crippen molar-refractivity contribution in [1.29, 1.82) is 0 Å². The van der Waals surface area contributed by atoms with Gasteiger partial charge in [-0.05, 0) is 67.3 Å². The standard InChI is InChI=1S/C26H27N3O2/c1-19-12-13-21(16-20(19)2)18-28-14-7-15-29(26(28)31)24-11-6-10-23(17-24)27-25(30)22-8-4-3-5-9-22/h3-6,8-13,16-17H,7,14-15,18H2,1-2H3,(H,27,30). The highest BCUT2D eigenvalue weighted by Crippen LogP contribution is 2.25. The molecule has 0 bridgehead atoms. The average Bonchev–Trinajstić information content (AvgIpc) is 2.78. The predicted octanol–water partition coefficient (Wildman–Crippen LogP) is 5.39. The van der Waals surface area contributed by atoms with Crippen molar-refractivity contribution in [2.45, 2.75) is 26.8 Å². The zero-order valence-corrected chi connectivity index (χ0v) is 18.0. The Morgan fingerprint density at radius 2 is 1.71 bits per heavy atom. The molecular formula is C26H27N3O2. The number of nitrogens with one attached hydrogen (secondary N) is 1. The lowest BCUT2D eigenvalue weighted by molar-refractivity contribution is 0.102. The van der Waals surface area contributed by atoms with Gasteiger partial charge in [0.25, 0.3) is 5.91 Å². The third kappa shape index (κ3) is 4.77. The van der Waals surface area contributed by atoms with E-state index in [1.54, 1.807) is 17.0 Å². The molecule has 0 unspecified atom stereocenters.